The second-order valence-corrected chi connectivity index (χ2v) is 6.68. The maximum absolute atomic E-state index is 8.97. The van der Waals surface area contributed by atoms with E-state index in [1.165, 1.54) is 0 Å². The van der Waals surface area contributed by atoms with Gasteiger partial charge < -0.3 is 15.7 Å². The highest BCUT2D eigenvalue weighted by Crippen LogP contribution is 2.26. The van der Waals surface area contributed by atoms with Crippen molar-refractivity contribution < 1.29 is 5.11 Å². The molecule has 2 heterocycles. The number of halogens is 1. The standard InChI is InChI=1S/C19H20BrN5O/c1-13-11-14(20)6-7-15(13)23-18-12-17(16-5-2-3-8-21-16)24-19(25-18)22-9-4-10-26/h2-3,5-8,11-12,26H,4,9-10H2,1H3,(H2,22,23,24,25). The van der Waals surface area contributed by atoms with Crippen LogP contribution in [-0.2, 0) is 0 Å². The van der Waals surface area contributed by atoms with E-state index < -0.39 is 0 Å². The Kier molecular flexibility index (Phi) is 6.14. The largest absolute Gasteiger partial charge is 0.396 e. The van der Waals surface area contributed by atoms with Crippen molar-refractivity contribution in [3.05, 3.63) is 58.7 Å². The van der Waals surface area contributed by atoms with Gasteiger partial charge in [0.05, 0.1) is 11.4 Å². The van der Waals surface area contributed by atoms with Crippen molar-refractivity contribution in [1.82, 2.24) is 15.0 Å². The van der Waals surface area contributed by atoms with Crippen molar-refractivity contribution in [1.29, 1.82) is 0 Å². The van der Waals surface area contributed by atoms with Gasteiger partial charge in [-0.05, 0) is 49.2 Å². The number of anilines is 3. The van der Waals surface area contributed by atoms with Gasteiger partial charge in [0.2, 0.25) is 5.95 Å². The SMILES string of the molecule is Cc1cc(Br)ccc1Nc1cc(-c2ccccn2)nc(NCCCO)n1. The number of hydrogen-bond donors (Lipinski definition) is 3. The molecule has 3 aromatic rings. The van der Waals surface area contributed by atoms with Gasteiger partial charge in [-0.2, -0.15) is 4.98 Å². The van der Waals surface area contributed by atoms with Gasteiger partial charge in [-0.25, -0.2) is 4.98 Å². The van der Waals surface area contributed by atoms with Crippen molar-refractivity contribution >= 4 is 33.4 Å². The van der Waals surface area contributed by atoms with Crippen LogP contribution in [0.1, 0.15) is 12.0 Å². The van der Waals surface area contributed by atoms with E-state index in [4.69, 9.17) is 5.11 Å². The third-order valence-corrected chi connectivity index (χ3v) is 4.22. The quantitative estimate of drug-likeness (QED) is 0.504. The molecule has 0 saturated carbocycles. The van der Waals surface area contributed by atoms with Crippen molar-refractivity contribution in [2.24, 2.45) is 0 Å². The van der Waals surface area contributed by atoms with Gasteiger partial charge in [0.1, 0.15) is 5.82 Å². The van der Waals surface area contributed by atoms with Crippen LogP contribution in [0.5, 0.6) is 0 Å². The number of aliphatic hydroxyl groups excluding tert-OH is 1. The summed E-state index contributed by atoms with van der Waals surface area (Å²) >= 11 is 3.48. The highest BCUT2D eigenvalue weighted by molar-refractivity contribution is 9.10. The first-order chi connectivity index (χ1) is 12.7. The first-order valence-electron chi connectivity index (χ1n) is 8.34. The number of benzene rings is 1. The molecule has 1 aromatic carbocycles. The number of nitrogens with one attached hydrogen (secondary N) is 2. The summed E-state index contributed by atoms with van der Waals surface area (Å²) in [5.41, 5.74) is 3.58. The van der Waals surface area contributed by atoms with Crippen molar-refractivity contribution in [3.8, 4) is 11.4 Å². The fourth-order valence-electron chi connectivity index (χ4n) is 2.42. The van der Waals surface area contributed by atoms with Crippen LogP contribution >= 0.6 is 15.9 Å². The molecule has 6 nitrogen and oxygen atoms in total. The molecule has 0 radical (unpaired) electrons. The van der Waals surface area contributed by atoms with Crippen molar-refractivity contribution in [2.75, 3.05) is 23.8 Å². The summed E-state index contributed by atoms with van der Waals surface area (Å²) in [5.74, 6) is 1.18. The number of pyridine rings is 1. The second-order valence-electron chi connectivity index (χ2n) is 5.77. The average molecular weight is 414 g/mol. The van der Waals surface area contributed by atoms with Gasteiger partial charge in [-0.3, -0.25) is 4.98 Å². The van der Waals surface area contributed by atoms with Crippen LogP contribution in [0.25, 0.3) is 11.4 Å². The molecule has 0 bridgehead atoms. The van der Waals surface area contributed by atoms with Gasteiger partial charge in [-0.15, -0.1) is 0 Å². The fraction of sp³-hybridized carbons (Fsp3) is 0.211. The summed E-state index contributed by atoms with van der Waals surface area (Å²) in [5, 5.41) is 15.5. The molecule has 3 N–H and O–H groups in total. The highest BCUT2D eigenvalue weighted by atomic mass is 79.9. The zero-order valence-corrected chi connectivity index (χ0v) is 16.0. The summed E-state index contributed by atoms with van der Waals surface area (Å²) in [6.45, 7) is 2.75. The van der Waals surface area contributed by atoms with Gasteiger partial charge in [0.15, 0.2) is 0 Å². The van der Waals surface area contributed by atoms with Gasteiger partial charge >= 0.3 is 0 Å². The summed E-state index contributed by atoms with van der Waals surface area (Å²) in [6.07, 6.45) is 2.37. The van der Waals surface area contributed by atoms with Crippen LogP contribution in [-0.4, -0.2) is 33.2 Å². The number of nitrogens with zero attached hydrogens (tertiary/aromatic N) is 3. The lowest BCUT2D eigenvalue weighted by molar-refractivity contribution is 0.292. The Morgan fingerprint density at radius 2 is 1.96 bits per heavy atom. The Balaban J connectivity index is 1.93. The predicted molar refractivity (Wildman–Crippen MR) is 108 cm³/mol. The first kappa shape index (κ1) is 18.3. The molecule has 2 aromatic heterocycles. The van der Waals surface area contributed by atoms with Gasteiger partial charge in [-0.1, -0.05) is 22.0 Å². The number of rotatable bonds is 7. The normalized spacial score (nSPS) is 10.6. The number of aromatic nitrogens is 3. The first-order valence-corrected chi connectivity index (χ1v) is 9.13. The van der Waals surface area contributed by atoms with E-state index in [0.29, 0.717) is 24.7 Å². The maximum atomic E-state index is 8.97. The molecule has 0 fully saturated rings. The van der Waals surface area contributed by atoms with Gasteiger partial charge in [0, 0.05) is 35.6 Å². The van der Waals surface area contributed by atoms with E-state index >= 15 is 0 Å². The van der Waals surface area contributed by atoms with Crippen LogP contribution < -0.4 is 10.6 Å². The van der Waals surface area contributed by atoms with Crippen LogP contribution in [0, 0.1) is 6.92 Å². The Bertz CT molecular complexity index is 873. The van der Waals surface area contributed by atoms with Crippen molar-refractivity contribution in [3.63, 3.8) is 0 Å². The lowest BCUT2D eigenvalue weighted by Crippen LogP contribution is -2.09. The zero-order chi connectivity index (χ0) is 18.4. The third-order valence-electron chi connectivity index (χ3n) is 3.72. The topological polar surface area (TPSA) is 83.0 Å². The Morgan fingerprint density at radius 3 is 2.69 bits per heavy atom. The Morgan fingerprint density at radius 1 is 1.08 bits per heavy atom. The molecule has 0 amide bonds. The number of hydrogen-bond acceptors (Lipinski definition) is 6. The molecule has 0 atom stereocenters. The summed E-state index contributed by atoms with van der Waals surface area (Å²) in [4.78, 5) is 13.4. The molecular weight excluding hydrogens is 394 g/mol. The fourth-order valence-corrected chi connectivity index (χ4v) is 2.90. The summed E-state index contributed by atoms with van der Waals surface area (Å²) < 4.78 is 1.03. The van der Waals surface area contributed by atoms with E-state index in [9.17, 15) is 0 Å². The molecule has 0 aliphatic heterocycles. The molecule has 134 valence electrons. The number of aliphatic hydroxyl groups is 1. The smallest absolute Gasteiger partial charge is 0.225 e. The Labute approximate surface area is 160 Å². The minimum absolute atomic E-state index is 0.121. The minimum Gasteiger partial charge on any atom is -0.396 e. The van der Waals surface area contributed by atoms with Gasteiger partial charge in [0.25, 0.3) is 0 Å². The van der Waals surface area contributed by atoms with E-state index in [-0.39, 0.29) is 6.61 Å². The lowest BCUT2D eigenvalue weighted by Gasteiger charge is -2.12. The van der Waals surface area contributed by atoms with Crippen molar-refractivity contribution in [2.45, 2.75) is 13.3 Å². The monoisotopic (exact) mass is 413 g/mol. The zero-order valence-electron chi connectivity index (χ0n) is 14.4. The predicted octanol–water partition coefficient (Wildman–Crippen LogP) is 4.15. The van der Waals surface area contributed by atoms with E-state index in [0.717, 1.165) is 27.1 Å². The van der Waals surface area contributed by atoms with Crippen LogP contribution in [0.4, 0.5) is 17.5 Å². The minimum atomic E-state index is 0.121. The van der Waals surface area contributed by atoms with Crippen LogP contribution in [0.3, 0.4) is 0 Å². The average Bonchev–Trinajstić information content (AvgIpc) is 2.65. The molecule has 0 unspecified atom stereocenters. The number of aryl methyl sites for hydroxylation is 1. The molecule has 7 heteroatoms. The molecule has 0 aliphatic carbocycles. The van der Waals surface area contributed by atoms with E-state index in [1.54, 1.807) is 6.20 Å². The second kappa shape index (κ2) is 8.73. The molecule has 3 rings (SSSR count). The van der Waals surface area contributed by atoms with E-state index in [1.807, 2.05) is 49.4 Å². The van der Waals surface area contributed by atoms with Crippen LogP contribution in [0.15, 0.2) is 53.1 Å². The molecule has 0 aliphatic rings. The maximum Gasteiger partial charge on any atom is 0.225 e. The highest BCUT2D eigenvalue weighted by Gasteiger charge is 2.09. The van der Waals surface area contributed by atoms with Crippen LogP contribution in [0.2, 0.25) is 0 Å². The molecule has 0 saturated heterocycles. The lowest BCUT2D eigenvalue weighted by atomic mass is 10.2. The summed E-state index contributed by atoms with van der Waals surface area (Å²) in [7, 11) is 0. The molecular formula is C19H20BrN5O. The third kappa shape index (κ3) is 4.77. The Hall–Kier alpha value is -2.51. The summed E-state index contributed by atoms with van der Waals surface area (Å²) in [6, 6.07) is 13.6. The van der Waals surface area contributed by atoms with E-state index in [2.05, 4.69) is 41.5 Å². The molecule has 26 heavy (non-hydrogen) atoms. The molecule has 0 spiro atoms.